The van der Waals surface area contributed by atoms with Gasteiger partial charge in [0.25, 0.3) is 0 Å². The smallest absolute Gasteiger partial charge is 0.165 e. The van der Waals surface area contributed by atoms with Gasteiger partial charge in [-0.05, 0) is 12.3 Å². The van der Waals surface area contributed by atoms with Gasteiger partial charge in [0.15, 0.2) is 11.5 Å². The number of nitrogen functional groups attached to an aromatic ring is 1. The Bertz CT molecular complexity index is 689. The van der Waals surface area contributed by atoms with E-state index in [4.69, 9.17) is 5.73 Å². The van der Waals surface area contributed by atoms with Crippen molar-refractivity contribution < 1.29 is 15.3 Å². The van der Waals surface area contributed by atoms with Gasteiger partial charge in [-0.15, -0.1) is 0 Å². The minimum atomic E-state index is -0.950. The molecule has 106 valence electrons. The molecule has 2 unspecified atom stereocenters. The van der Waals surface area contributed by atoms with E-state index in [1.54, 1.807) is 10.9 Å². The second-order valence-electron chi connectivity index (χ2n) is 5.71. The second kappa shape index (κ2) is 3.66. The third-order valence-corrected chi connectivity index (χ3v) is 4.86. The van der Waals surface area contributed by atoms with Crippen LogP contribution < -0.4 is 5.73 Å². The molecule has 2 aromatic heterocycles. The maximum atomic E-state index is 10.3. The SMILES string of the molecule is Nc1ncnc2c1ncn2[C@@H]1C2C[C@@]2(CO)C(O)[C@@H]1O. The van der Waals surface area contributed by atoms with Gasteiger partial charge in [0.05, 0.1) is 25.1 Å². The van der Waals surface area contributed by atoms with Crippen LogP contribution in [0.5, 0.6) is 0 Å². The molecule has 0 aliphatic heterocycles. The average Bonchev–Trinajstić information content (AvgIpc) is 2.95. The number of hydrogen-bond donors (Lipinski definition) is 4. The summed E-state index contributed by atoms with van der Waals surface area (Å²) in [6.07, 6.45) is 1.71. The van der Waals surface area contributed by atoms with Crippen molar-refractivity contribution in [2.75, 3.05) is 12.3 Å². The Morgan fingerprint density at radius 1 is 1.35 bits per heavy atom. The molecule has 0 radical (unpaired) electrons. The number of aromatic nitrogens is 4. The molecule has 8 heteroatoms. The lowest BCUT2D eigenvalue weighted by Crippen LogP contribution is -2.35. The molecule has 20 heavy (non-hydrogen) atoms. The molecule has 0 saturated heterocycles. The zero-order valence-corrected chi connectivity index (χ0v) is 10.6. The first-order valence-electron chi connectivity index (χ1n) is 6.50. The molecule has 2 heterocycles. The number of nitrogens with two attached hydrogens (primary N) is 1. The van der Waals surface area contributed by atoms with Crippen LogP contribution in [0.25, 0.3) is 11.2 Å². The highest BCUT2D eigenvalue weighted by Crippen LogP contribution is 2.67. The fraction of sp³-hybridized carbons (Fsp3) is 0.583. The maximum absolute atomic E-state index is 10.3. The quantitative estimate of drug-likeness (QED) is 0.535. The van der Waals surface area contributed by atoms with Crippen LogP contribution in [0.15, 0.2) is 12.7 Å². The van der Waals surface area contributed by atoms with E-state index >= 15 is 0 Å². The van der Waals surface area contributed by atoms with Crippen LogP contribution in [0.4, 0.5) is 5.82 Å². The Hall–Kier alpha value is -1.77. The number of fused-ring (bicyclic) bond motifs is 2. The summed E-state index contributed by atoms with van der Waals surface area (Å²) in [5.74, 6) is 0.303. The lowest BCUT2D eigenvalue weighted by Gasteiger charge is -2.23. The summed E-state index contributed by atoms with van der Waals surface area (Å²) >= 11 is 0. The van der Waals surface area contributed by atoms with Crippen molar-refractivity contribution in [2.45, 2.75) is 24.7 Å². The number of hydrogen-bond acceptors (Lipinski definition) is 7. The van der Waals surface area contributed by atoms with E-state index in [-0.39, 0.29) is 24.4 Å². The number of imidazole rings is 1. The Morgan fingerprint density at radius 2 is 2.15 bits per heavy atom. The van der Waals surface area contributed by atoms with Crippen LogP contribution in [0.1, 0.15) is 12.5 Å². The van der Waals surface area contributed by atoms with Crippen LogP contribution in [0, 0.1) is 11.3 Å². The topological polar surface area (TPSA) is 130 Å². The van der Waals surface area contributed by atoms with Gasteiger partial charge in [-0.2, -0.15) is 0 Å². The number of rotatable bonds is 2. The largest absolute Gasteiger partial charge is 0.396 e. The maximum Gasteiger partial charge on any atom is 0.165 e. The average molecular weight is 277 g/mol. The van der Waals surface area contributed by atoms with Crippen molar-refractivity contribution in [2.24, 2.45) is 11.3 Å². The van der Waals surface area contributed by atoms with Gasteiger partial charge in [0.1, 0.15) is 17.9 Å². The Labute approximate surface area is 113 Å². The van der Waals surface area contributed by atoms with E-state index in [9.17, 15) is 15.3 Å². The molecule has 2 fully saturated rings. The predicted octanol–water partition coefficient (Wildman–Crippen LogP) is -1.32. The van der Waals surface area contributed by atoms with Crippen molar-refractivity contribution in [1.82, 2.24) is 19.5 Å². The van der Waals surface area contributed by atoms with Crippen molar-refractivity contribution in [3.8, 4) is 0 Å². The molecule has 0 amide bonds. The Balaban J connectivity index is 1.83. The minimum absolute atomic E-state index is 0.0195. The summed E-state index contributed by atoms with van der Waals surface area (Å²) in [6.45, 7) is -0.129. The first-order valence-corrected chi connectivity index (χ1v) is 6.50. The normalized spacial score (nSPS) is 39.1. The van der Waals surface area contributed by atoms with Gasteiger partial charge in [-0.3, -0.25) is 0 Å². The highest BCUT2D eigenvalue weighted by molar-refractivity contribution is 5.81. The molecule has 2 aromatic rings. The summed E-state index contributed by atoms with van der Waals surface area (Å²) in [5, 5.41) is 29.9. The molecule has 0 spiro atoms. The molecule has 2 saturated carbocycles. The second-order valence-corrected chi connectivity index (χ2v) is 5.71. The minimum Gasteiger partial charge on any atom is -0.396 e. The standard InChI is InChI=1S/C12H15N5O3/c13-10-6-11(15-3-14-10)17(4-16-6)7-5-1-12(5,2-18)9(20)8(7)19/h3-5,7-9,18-20H,1-2H2,(H2,13,14,15)/t5?,7-,8-,9?,12+/m1/s1. The molecular weight excluding hydrogens is 262 g/mol. The molecule has 5 atom stereocenters. The Morgan fingerprint density at radius 3 is 2.85 bits per heavy atom. The summed E-state index contributed by atoms with van der Waals surface area (Å²) in [4.78, 5) is 12.2. The molecular formula is C12H15N5O3. The lowest BCUT2D eigenvalue weighted by atomic mass is 10.0. The highest BCUT2D eigenvalue weighted by Gasteiger charge is 2.71. The Kier molecular flexibility index (Phi) is 2.20. The number of aliphatic hydroxyl groups excluding tert-OH is 3. The van der Waals surface area contributed by atoms with Gasteiger partial charge in [-0.1, -0.05) is 0 Å². The number of nitrogens with zero attached hydrogens (tertiary/aromatic N) is 4. The molecule has 8 nitrogen and oxygen atoms in total. The third-order valence-electron chi connectivity index (χ3n) is 4.86. The van der Waals surface area contributed by atoms with Gasteiger partial charge < -0.3 is 25.6 Å². The zero-order chi connectivity index (χ0) is 14.1. The molecule has 2 aliphatic rings. The van der Waals surface area contributed by atoms with Crippen molar-refractivity contribution in [1.29, 1.82) is 0 Å². The number of aliphatic hydroxyl groups is 3. The first kappa shape index (κ1) is 12.0. The van der Waals surface area contributed by atoms with Crippen LogP contribution in [0.3, 0.4) is 0 Å². The van der Waals surface area contributed by atoms with Crippen LogP contribution in [-0.2, 0) is 0 Å². The van der Waals surface area contributed by atoms with E-state index in [1.165, 1.54) is 6.33 Å². The van der Waals surface area contributed by atoms with Gasteiger partial charge in [-0.25, -0.2) is 15.0 Å². The van der Waals surface area contributed by atoms with Gasteiger partial charge >= 0.3 is 0 Å². The first-order chi connectivity index (χ1) is 9.60. The summed E-state index contributed by atoms with van der Waals surface area (Å²) in [6, 6.07) is -0.351. The van der Waals surface area contributed by atoms with Crippen molar-refractivity contribution in [3.63, 3.8) is 0 Å². The van der Waals surface area contributed by atoms with E-state index in [1.807, 2.05) is 0 Å². The predicted molar refractivity (Wildman–Crippen MR) is 68.4 cm³/mol. The van der Waals surface area contributed by atoms with Crippen LogP contribution in [0.2, 0.25) is 0 Å². The number of anilines is 1. The van der Waals surface area contributed by atoms with E-state index in [0.29, 0.717) is 17.6 Å². The monoisotopic (exact) mass is 277 g/mol. The molecule has 5 N–H and O–H groups in total. The van der Waals surface area contributed by atoms with Crippen molar-refractivity contribution >= 4 is 17.0 Å². The van der Waals surface area contributed by atoms with Gasteiger partial charge in [0, 0.05) is 5.41 Å². The van der Waals surface area contributed by atoms with Crippen LogP contribution >= 0.6 is 0 Å². The van der Waals surface area contributed by atoms with Gasteiger partial charge in [0.2, 0.25) is 0 Å². The van der Waals surface area contributed by atoms with E-state index in [2.05, 4.69) is 15.0 Å². The third kappa shape index (κ3) is 1.23. The molecule has 2 aliphatic carbocycles. The molecule has 0 aromatic carbocycles. The van der Waals surface area contributed by atoms with E-state index in [0.717, 1.165) is 0 Å². The summed E-state index contributed by atoms with van der Waals surface area (Å²) < 4.78 is 1.73. The molecule has 0 bridgehead atoms. The van der Waals surface area contributed by atoms with E-state index < -0.39 is 17.6 Å². The summed E-state index contributed by atoms with van der Waals surface area (Å²) in [5.41, 5.74) is 6.18. The highest BCUT2D eigenvalue weighted by atomic mass is 16.3. The zero-order valence-electron chi connectivity index (χ0n) is 10.6. The molecule has 4 rings (SSSR count). The fourth-order valence-electron chi connectivity index (χ4n) is 3.64. The van der Waals surface area contributed by atoms with Crippen molar-refractivity contribution in [3.05, 3.63) is 12.7 Å². The van der Waals surface area contributed by atoms with Crippen LogP contribution in [-0.4, -0.2) is 53.7 Å². The lowest BCUT2D eigenvalue weighted by molar-refractivity contribution is -0.0300. The fourth-order valence-corrected chi connectivity index (χ4v) is 3.64. The summed E-state index contributed by atoms with van der Waals surface area (Å²) in [7, 11) is 0.